The Hall–Kier alpha value is -2.78. The second kappa shape index (κ2) is 9.15. The second-order valence-electron chi connectivity index (χ2n) is 6.30. The third-order valence-corrected chi connectivity index (χ3v) is 5.38. The maximum atomic E-state index is 12.6. The standard InChI is InChI=1S/C20H22N4O4S/c1-2-27-16-7-4-3-6-15(16)24-19(17-8-5-11-28-17)21-22-20(24)29-14-18(25)23-9-12-26-13-10-23/h3-8,11H,2,9-10,12-14H2,1H3. The molecule has 1 saturated heterocycles. The summed E-state index contributed by atoms with van der Waals surface area (Å²) in [6.45, 7) is 4.88. The summed E-state index contributed by atoms with van der Waals surface area (Å²) in [5.41, 5.74) is 0.798. The first kappa shape index (κ1) is 19.5. The average molecular weight is 414 g/mol. The molecule has 8 nitrogen and oxygen atoms in total. The van der Waals surface area contributed by atoms with Gasteiger partial charge in [-0.2, -0.15) is 0 Å². The Morgan fingerprint density at radius 3 is 2.76 bits per heavy atom. The number of para-hydroxylation sites is 2. The number of hydrogen-bond donors (Lipinski definition) is 0. The zero-order valence-corrected chi connectivity index (χ0v) is 16.9. The van der Waals surface area contributed by atoms with Crippen LogP contribution in [0.5, 0.6) is 5.75 Å². The molecular weight excluding hydrogens is 392 g/mol. The Morgan fingerprint density at radius 1 is 1.17 bits per heavy atom. The molecule has 1 fully saturated rings. The molecule has 0 N–H and O–H groups in total. The predicted octanol–water partition coefficient (Wildman–Crippen LogP) is 2.88. The zero-order valence-electron chi connectivity index (χ0n) is 16.1. The van der Waals surface area contributed by atoms with E-state index in [-0.39, 0.29) is 11.7 Å². The fourth-order valence-corrected chi connectivity index (χ4v) is 3.94. The van der Waals surface area contributed by atoms with E-state index in [0.29, 0.717) is 55.4 Å². The average Bonchev–Trinajstić information content (AvgIpc) is 3.43. The molecule has 1 aliphatic rings. The van der Waals surface area contributed by atoms with Crippen molar-refractivity contribution in [3.05, 3.63) is 42.7 Å². The fourth-order valence-electron chi connectivity index (χ4n) is 3.10. The van der Waals surface area contributed by atoms with Crippen molar-refractivity contribution >= 4 is 17.7 Å². The van der Waals surface area contributed by atoms with Crippen LogP contribution < -0.4 is 4.74 Å². The first-order chi connectivity index (χ1) is 14.3. The summed E-state index contributed by atoms with van der Waals surface area (Å²) in [5.74, 6) is 2.20. The van der Waals surface area contributed by atoms with Crippen LogP contribution in [-0.2, 0) is 9.53 Å². The molecule has 0 aliphatic carbocycles. The van der Waals surface area contributed by atoms with Gasteiger partial charge < -0.3 is 18.8 Å². The van der Waals surface area contributed by atoms with Gasteiger partial charge in [0.05, 0.1) is 37.5 Å². The number of carbonyl (C=O) groups excluding carboxylic acids is 1. The number of rotatable bonds is 7. The van der Waals surface area contributed by atoms with Gasteiger partial charge in [-0.05, 0) is 31.2 Å². The SMILES string of the molecule is CCOc1ccccc1-n1c(SCC(=O)N2CCOCC2)nnc1-c1ccco1. The van der Waals surface area contributed by atoms with Gasteiger partial charge in [0, 0.05) is 13.1 Å². The fraction of sp³-hybridized carbons (Fsp3) is 0.350. The molecule has 1 amide bonds. The van der Waals surface area contributed by atoms with E-state index < -0.39 is 0 Å². The van der Waals surface area contributed by atoms with Gasteiger partial charge in [0.1, 0.15) is 5.75 Å². The Kier molecular flexibility index (Phi) is 6.16. The number of benzene rings is 1. The van der Waals surface area contributed by atoms with Crippen LogP contribution in [0.1, 0.15) is 6.92 Å². The Labute approximate surface area is 172 Å². The molecule has 1 aromatic carbocycles. The molecule has 3 aromatic rings. The highest BCUT2D eigenvalue weighted by atomic mass is 32.2. The number of morpholine rings is 1. The molecule has 1 aliphatic heterocycles. The number of aromatic nitrogens is 3. The molecule has 4 rings (SSSR count). The van der Waals surface area contributed by atoms with Gasteiger partial charge in [-0.3, -0.25) is 9.36 Å². The molecule has 0 spiro atoms. The Bertz CT molecular complexity index is 951. The van der Waals surface area contributed by atoms with Crippen molar-refractivity contribution in [2.24, 2.45) is 0 Å². The summed E-state index contributed by atoms with van der Waals surface area (Å²) in [4.78, 5) is 14.4. The van der Waals surface area contributed by atoms with Gasteiger partial charge in [0.15, 0.2) is 10.9 Å². The van der Waals surface area contributed by atoms with E-state index in [4.69, 9.17) is 13.9 Å². The number of thioether (sulfide) groups is 1. The maximum absolute atomic E-state index is 12.6. The van der Waals surface area contributed by atoms with Gasteiger partial charge in [0.25, 0.3) is 0 Å². The van der Waals surface area contributed by atoms with Crippen LogP contribution >= 0.6 is 11.8 Å². The highest BCUT2D eigenvalue weighted by molar-refractivity contribution is 7.99. The number of nitrogens with zero attached hydrogens (tertiary/aromatic N) is 4. The number of furan rings is 1. The topological polar surface area (TPSA) is 82.6 Å². The third kappa shape index (κ3) is 4.30. The molecule has 0 bridgehead atoms. The first-order valence-electron chi connectivity index (χ1n) is 9.47. The van der Waals surface area contributed by atoms with Crippen molar-refractivity contribution < 1.29 is 18.7 Å². The molecule has 152 valence electrons. The minimum Gasteiger partial charge on any atom is -0.492 e. The largest absolute Gasteiger partial charge is 0.492 e. The zero-order chi connectivity index (χ0) is 20.1. The minimum atomic E-state index is 0.0606. The first-order valence-corrected chi connectivity index (χ1v) is 10.5. The van der Waals surface area contributed by atoms with Crippen LogP contribution in [0.15, 0.2) is 52.2 Å². The number of carbonyl (C=O) groups is 1. The van der Waals surface area contributed by atoms with E-state index in [2.05, 4.69) is 10.2 Å². The van der Waals surface area contributed by atoms with E-state index in [1.54, 1.807) is 12.3 Å². The van der Waals surface area contributed by atoms with E-state index in [0.717, 1.165) is 5.69 Å². The van der Waals surface area contributed by atoms with E-state index in [1.165, 1.54) is 11.8 Å². The van der Waals surface area contributed by atoms with E-state index in [9.17, 15) is 4.79 Å². The van der Waals surface area contributed by atoms with E-state index in [1.807, 2.05) is 46.7 Å². The van der Waals surface area contributed by atoms with Crippen molar-refractivity contribution in [1.82, 2.24) is 19.7 Å². The summed E-state index contributed by atoms with van der Waals surface area (Å²) >= 11 is 1.35. The molecule has 9 heteroatoms. The lowest BCUT2D eigenvalue weighted by atomic mass is 10.3. The molecular formula is C20H22N4O4S. The molecule has 0 atom stereocenters. The van der Waals surface area contributed by atoms with Crippen LogP contribution in [0.25, 0.3) is 17.3 Å². The minimum absolute atomic E-state index is 0.0606. The summed E-state index contributed by atoms with van der Waals surface area (Å²) in [6.07, 6.45) is 1.59. The molecule has 29 heavy (non-hydrogen) atoms. The van der Waals surface area contributed by atoms with E-state index >= 15 is 0 Å². The smallest absolute Gasteiger partial charge is 0.233 e. The third-order valence-electron chi connectivity index (χ3n) is 4.47. The molecule has 3 heterocycles. The summed E-state index contributed by atoms with van der Waals surface area (Å²) in [5, 5.41) is 9.26. The molecule has 2 aromatic heterocycles. The van der Waals surface area contributed by atoms with Crippen molar-refractivity contribution in [3.8, 4) is 23.0 Å². The summed E-state index contributed by atoms with van der Waals surface area (Å²) in [7, 11) is 0. The second-order valence-corrected chi connectivity index (χ2v) is 7.24. The van der Waals surface area contributed by atoms with Crippen molar-refractivity contribution in [2.75, 3.05) is 38.7 Å². The Balaban J connectivity index is 1.65. The van der Waals surface area contributed by atoms with Gasteiger partial charge >= 0.3 is 0 Å². The van der Waals surface area contributed by atoms with Gasteiger partial charge in [0.2, 0.25) is 11.7 Å². The van der Waals surface area contributed by atoms with Crippen molar-refractivity contribution in [1.29, 1.82) is 0 Å². The van der Waals surface area contributed by atoms with Gasteiger partial charge in [-0.1, -0.05) is 23.9 Å². The van der Waals surface area contributed by atoms with Crippen LogP contribution in [0.4, 0.5) is 0 Å². The van der Waals surface area contributed by atoms with Crippen LogP contribution in [0.3, 0.4) is 0 Å². The van der Waals surface area contributed by atoms with Crippen molar-refractivity contribution in [2.45, 2.75) is 12.1 Å². The number of hydrogen-bond acceptors (Lipinski definition) is 7. The summed E-state index contributed by atoms with van der Waals surface area (Å²) < 4.78 is 18.6. The van der Waals surface area contributed by atoms with Gasteiger partial charge in [-0.15, -0.1) is 10.2 Å². The maximum Gasteiger partial charge on any atom is 0.233 e. The quantitative estimate of drug-likeness (QED) is 0.550. The van der Waals surface area contributed by atoms with Crippen LogP contribution in [0.2, 0.25) is 0 Å². The lowest BCUT2D eigenvalue weighted by Crippen LogP contribution is -2.41. The molecule has 0 radical (unpaired) electrons. The number of ether oxygens (including phenoxy) is 2. The highest BCUT2D eigenvalue weighted by Gasteiger charge is 2.23. The monoisotopic (exact) mass is 414 g/mol. The van der Waals surface area contributed by atoms with Crippen LogP contribution in [0, 0.1) is 0 Å². The lowest BCUT2D eigenvalue weighted by Gasteiger charge is -2.26. The predicted molar refractivity (Wildman–Crippen MR) is 108 cm³/mol. The van der Waals surface area contributed by atoms with Gasteiger partial charge in [-0.25, -0.2) is 0 Å². The summed E-state index contributed by atoms with van der Waals surface area (Å²) in [6, 6.07) is 11.3. The molecule has 0 unspecified atom stereocenters. The lowest BCUT2D eigenvalue weighted by molar-refractivity contribution is -0.132. The molecule has 0 saturated carbocycles. The van der Waals surface area contributed by atoms with Crippen molar-refractivity contribution in [3.63, 3.8) is 0 Å². The normalized spacial score (nSPS) is 14.2. The highest BCUT2D eigenvalue weighted by Crippen LogP contribution is 2.32. The Morgan fingerprint density at radius 2 is 2.00 bits per heavy atom. The van der Waals surface area contributed by atoms with Crippen LogP contribution in [-0.4, -0.2) is 64.2 Å². The number of amides is 1.